The van der Waals surface area contributed by atoms with Crippen molar-refractivity contribution in [2.45, 2.75) is 66.2 Å². The lowest BCUT2D eigenvalue weighted by Crippen LogP contribution is -2.18. The summed E-state index contributed by atoms with van der Waals surface area (Å²) in [5.41, 5.74) is 12.5. The first kappa shape index (κ1) is 19.2. The molecule has 4 N–H and O–H groups in total. The van der Waals surface area contributed by atoms with Gasteiger partial charge in [-0.2, -0.15) is 0 Å². The Morgan fingerprint density at radius 1 is 0.840 bits per heavy atom. The molecule has 25 heavy (non-hydrogen) atoms. The Hall–Kier alpha value is -2.16. The summed E-state index contributed by atoms with van der Waals surface area (Å²) in [6.07, 6.45) is 0. The topological polar surface area (TPSA) is 58.3 Å². The number of hydrogen-bond acceptors (Lipinski definition) is 3. The van der Waals surface area contributed by atoms with E-state index < -0.39 is 0 Å². The van der Waals surface area contributed by atoms with Crippen LogP contribution in [0.5, 0.6) is 5.75 Å². The maximum atomic E-state index is 11.0. The van der Waals surface area contributed by atoms with Crippen molar-refractivity contribution in [2.75, 3.05) is 11.1 Å². The second-order valence-corrected chi connectivity index (χ2v) is 9.03. The third-order valence-electron chi connectivity index (χ3n) is 4.62. The quantitative estimate of drug-likeness (QED) is 0.594. The second kappa shape index (κ2) is 6.29. The fraction of sp³-hybridized carbons (Fsp3) is 0.455. The number of rotatable bonds is 2. The number of nitrogens with one attached hydrogen (secondary N) is 1. The number of phenolic OH excluding ortho intramolecular Hbond substituents is 1. The van der Waals surface area contributed by atoms with E-state index in [0.29, 0.717) is 5.75 Å². The van der Waals surface area contributed by atoms with Gasteiger partial charge in [0.2, 0.25) is 0 Å². The molecule has 0 aliphatic heterocycles. The predicted octanol–water partition coefficient (Wildman–Crippen LogP) is 5.93. The van der Waals surface area contributed by atoms with Crippen LogP contribution in [0.3, 0.4) is 0 Å². The van der Waals surface area contributed by atoms with Crippen LogP contribution in [0.15, 0.2) is 24.3 Å². The van der Waals surface area contributed by atoms with Crippen LogP contribution in [0, 0.1) is 13.8 Å². The number of hydrogen-bond donors (Lipinski definition) is 3. The summed E-state index contributed by atoms with van der Waals surface area (Å²) in [7, 11) is 0. The fourth-order valence-electron chi connectivity index (χ4n) is 3.18. The first-order chi connectivity index (χ1) is 11.3. The minimum atomic E-state index is -0.190. The number of benzene rings is 2. The third kappa shape index (κ3) is 3.92. The van der Waals surface area contributed by atoms with E-state index in [1.54, 1.807) is 0 Å². The standard InChI is InChI=1S/C22H32N2O/c1-13-12-18(14(2)11-16(13)23)24-17-10-9-15(21(3,4)5)20(25)19(17)22(6,7)8/h9-12,24-25H,23H2,1-8H3. The van der Waals surface area contributed by atoms with Crippen LogP contribution < -0.4 is 11.1 Å². The van der Waals surface area contributed by atoms with Crippen molar-refractivity contribution < 1.29 is 5.11 Å². The van der Waals surface area contributed by atoms with Crippen LogP contribution in [-0.4, -0.2) is 5.11 Å². The maximum absolute atomic E-state index is 11.0. The van der Waals surface area contributed by atoms with E-state index in [1.807, 2.05) is 26.0 Å². The Bertz CT molecular complexity index is 793. The van der Waals surface area contributed by atoms with Crippen LogP contribution in [0.25, 0.3) is 0 Å². The van der Waals surface area contributed by atoms with Gasteiger partial charge in [-0.25, -0.2) is 0 Å². The summed E-state index contributed by atoms with van der Waals surface area (Å²) >= 11 is 0. The fourth-order valence-corrected chi connectivity index (χ4v) is 3.18. The zero-order chi connectivity index (χ0) is 19.2. The summed E-state index contributed by atoms with van der Waals surface area (Å²) in [6.45, 7) is 16.8. The summed E-state index contributed by atoms with van der Waals surface area (Å²) < 4.78 is 0. The monoisotopic (exact) mass is 340 g/mol. The molecule has 0 saturated heterocycles. The molecule has 136 valence electrons. The summed E-state index contributed by atoms with van der Waals surface area (Å²) in [5, 5.41) is 14.5. The van der Waals surface area contributed by atoms with Crippen molar-refractivity contribution >= 4 is 17.1 Å². The molecule has 2 aromatic carbocycles. The van der Waals surface area contributed by atoms with Crippen molar-refractivity contribution in [3.05, 3.63) is 46.5 Å². The van der Waals surface area contributed by atoms with Crippen LogP contribution in [0.4, 0.5) is 17.1 Å². The average Bonchev–Trinajstić information content (AvgIpc) is 2.42. The Labute approximate surface area is 152 Å². The molecule has 2 aromatic rings. The van der Waals surface area contributed by atoms with Crippen molar-refractivity contribution in [1.82, 2.24) is 0 Å². The van der Waals surface area contributed by atoms with Crippen molar-refractivity contribution in [3.63, 3.8) is 0 Å². The van der Waals surface area contributed by atoms with Gasteiger partial charge in [0.25, 0.3) is 0 Å². The lowest BCUT2D eigenvalue weighted by Gasteiger charge is -2.30. The normalized spacial score (nSPS) is 12.3. The minimum Gasteiger partial charge on any atom is -0.507 e. The number of nitrogens with two attached hydrogens (primary N) is 1. The van der Waals surface area contributed by atoms with Gasteiger partial charge in [-0.15, -0.1) is 0 Å². The largest absolute Gasteiger partial charge is 0.507 e. The molecule has 0 saturated carbocycles. The van der Waals surface area contributed by atoms with Crippen LogP contribution in [-0.2, 0) is 10.8 Å². The molecule has 0 aliphatic rings. The van der Waals surface area contributed by atoms with Gasteiger partial charge in [0.15, 0.2) is 0 Å². The Morgan fingerprint density at radius 3 is 1.96 bits per heavy atom. The molecule has 0 radical (unpaired) electrons. The molecule has 0 aromatic heterocycles. The minimum absolute atomic E-state index is 0.115. The molecule has 0 bridgehead atoms. The summed E-state index contributed by atoms with van der Waals surface area (Å²) in [5.74, 6) is 0.384. The first-order valence-corrected chi connectivity index (χ1v) is 8.83. The van der Waals surface area contributed by atoms with E-state index in [2.05, 4.69) is 59.0 Å². The molecular formula is C22H32N2O. The SMILES string of the molecule is Cc1cc(Nc2ccc(C(C)(C)C)c(O)c2C(C)(C)C)c(C)cc1N. The van der Waals surface area contributed by atoms with Crippen molar-refractivity contribution in [2.24, 2.45) is 0 Å². The van der Waals surface area contributed by atoms with Gasteiger partial charge in [0, 0.05) is 22.6 Å². The molecule has 0 heterocycles. The number of nitrogen functional groups attached to an aromatic ring is 1. The maximum Gasteiger partial charge on any atom is 0.125 e. The third-order valence-corrected chi connectivity index (χ3v) is 4.62. The lowest BCUT2D eigenvalue weighted by atomic mass is 9.78. The zero-order valence-corrected chi connectivity index (χ0v) is 16.8. The van der Waals surface area contributed by atoms with Gasteiger partial charge < -0.3 is 16.2 Å². The average molecular weight is 341 g/mol. The van der Waals surface area contributed by atoms with E-state index >= 15 is 0 Å². The first-order valence-electron chi connectivity index (χ1n) is 8.83. The number of phenols is 1. The molecule has 0 unspecified atom stereocenters. The van der Waals surface area contributed by atoms with E-state index in [0.717, 1.165) is 39.3 Å². The van der Waals surface area contributed by atoms with Gasteiger partial charge in [0.1, 0.15) is 5.75 Å². The van der Waals surface area contributed by atoms with Crippen LogP contribution in [0.1, 0.15) is 63.8 Å². The Morgan fingerprint density at radius 2 is 1.44 bits per heavy atom. The highest BCUT2D eigenvalue weighted by molar-refractivity contribution is 5.73. The Balaban J connectivity index is 2.63. The number of aromatic hydroxyl groups is 1. The molecule has 3 heteroatoms. The molecule has 0 spiro atoms. The predicted molar refractivity (Wildman–Crippen MR) is 109 cm³/mol. The van der Waals surface area contributed by atoms with Gasteiger partial charge in [-0.1, -0.05) is 47.6 Å². The highest BCUT2D eigenvalue weighted by Gasteiger charge is 2.28. The molecule has 0 atom stereocenters. The van der Waals surface area contributed by atoms with Gasteiger partial charge >= 0.3 is 0 Å². The lowest BCUT2D eigenvalue weighted by molar-refractivity contribution is 0.424. The number of anilines is 3. The van der Waals surface area contributed by atoms with Crippen LogP contribution in [0.2, 0.25) is 0 Å². The summed E-state index contributed by atoms with van der Waals surface area (Å²) in [6, 6.07) is 8.14. The number of aryl methyl sites for hydroxylation is 2. The molecule has 0 amide bonds. The smallest absolute Gasteiger partial charge is 0.125 e. The second-order valence-electron chi connectivity index (χ2n) is 9.03. The molecule has 0 aliphatic carbocycles. The van der Waals surface area contributed by atoms with Gasteiger partial charge in [0.05, 0.1) is 0 Å². The molecular weight excluding hydrogens is 308 g/mol. The van der Waals surface area contributed by atoms with E-state index in [9.17, 15) is 5.11 Å². The van der Waals surface area contributed by atoms with E-state index in [4.69, 9.17) is 5.73 Å². The molecule has 0 fully saturated rings. The van der Waals surface area contributed by atoms with Gasteiger partial charge in [-0.3, -0.25) is 0 Å². The van der Waals surface area contributed by atoms with E-state index in [1.165, 1.54) is 0 Å². The van der Waals surface area contributed by atoms with Crippen molar-refractivity contribution in [3.8, 4) is 5.75 Å². The highest BCUT2D eigenvalue weighted by Crippen LogP contribution is 2.44. The highest BCUT2D eigenvalue weighted by atomic mass is 16.3. The molecule has 3 nitrogen and oxygen atoms in total. The molecule has 2 rings (SSSR count). The Kier molecular flexibility index (Phi) is 4.82. The van der Waals surface area contributed by atoms with E-state index in [-0.39, 0.29) is 10.8 Å². The van der Waals surface area contributed by atoms with Crippen molar-refractivity contribution in [1.29, 1.82) is 0 Å². The summed E-state index contributed by atoms with van der Waals surface area (Å²) in [4.78, 5) is 0. The zero-order valence-electron chi connectivity index (χ0n) is 16.8. The van der Waals surface area contributed by atoms with Gasteiger partial charge in [-0.05, 0) is 59.6 Å². The van der Waals surface area contributed by atoms with Crippen LogP contribution >= 0.6 is 0 Å².